The Bertz CT molecular complexity index is 1380. The van der Waals surface area contributed by atoms with Crippen molar-refractivity contribution < 1.29 is 17.9 Å². The standard InChI is InChI=1S/C23H24N6O4S/c1-13-18(10-24-20-19(13)28-21-22(32-20)33-21)29-8-7-15-9-25-23(27-17(15)11-29)26-16-5-3-14(4-6-16)12-34(2,30)31/h3-6,9-10,21-22,28H,7-8,11-12H2,1-2H3,(H,25,26,27). The van der Waals surface area contributed by atoms with E-state index in [-0.39, 0.29) is 18.3 Å². The van der Waals surface area contributed by atoms with Gasteiger partial charge in [-0.2, -0.15) is 0 Å². The molecule has 0 saturated carbocycles. The van der Waals surface area contributed by atoms with Crippen LogP contribution in [0.25, 0.3) is 0 Å². The Hall–Kier alpha value is -3.44. The summed E-state index contributed by atoms with van der Waals surface area (Å²) in [5, 5.41) is 6.57. The van der Waals surface area contributed by atoms with E-state index in [0.29, 0.717) is 18.4 Å². The van der Waals surface area contributed by atoms with Gasteiger partial charge in [-0.25, -0.2) is 23.4 Å². The Morgan fingerprint density at radius 2 is 2.03 bits per heavy atom. The van der Waals surface area contributed by atoms with Crippen molar-refractivity contribution in [2.75, 3.05) is 28.3 Å². The highest BCUT2D eigenvalue weighted by molar-refractivity contribution is 7.89. The van der Waals surface area contributed by atoms with Gasteiger partial charge in [0, 0.05) is 30.2 Å². The lowest BCUT2D eigenvalue weighted by molar-refractivity contribution is 0.174. The number of aromatic nitrogens is 3. The molecule has 3 aromatic rings. The molecule has 3 aliphatic heterocycles. The number of sulfone groups is 1. The summed E-state index contributed by atoms with van der Waals surface area (Å²) in [7, 11) is -3.07. The van der Waals surface area contributed by atoms with Crippen LogP contribution in [0, 0.1) is 6.92 Å². The summed E-state index contributed by atoms with van der Waals surface area (Å²) in [6, 6.07) is 7.26. The first-order valence-corrected chi connectivity index (χ1v) is 13.1. The van der Waals surface area contributed by atoms with E-state index in [1.165, 1.54) is 6.26 Å². The number of hydrogen-bond donors (Lipinski definition) is 2. The van der Waals surface area contributed by atoms with Gasteiger partial charge in [-0.3, -0.25) is 0 Å². The van der Waals surface area contributed by atoms with Crippen LogP contribution in [0.15, 0.2) is 36.7 Å². The fourth-order valence-electron chi connectivity index (χ4n) is 4.38. The minimum absolute atomic E-state index is 0.0192. The maximum absolute atomic E-state index is 11.5. The van der Waals surface area contributed by atoms with Gasteiger partial charge >= 0.3 is 0 Å². The molecule has 2 N–H and O–H groups in total. The van der Waals surface area contributed by atoms with Crippen LogP contribution in [0.4, 0.5) is 23.0 Å². The maximum Gasteiger partial charge on any atom is 0.249 e. The third-order valence-corrected chi connectivity index (χ3v) is 7.03. The second-order valence-electron chi connectivity index (χ2n) is 8.86. The molecule has 0 bridgehead atoms. The van der Waals surface area contributed by atoms with E-state index in [0.717, 1.165) is 52.4 Å². The quantitative estimate of drug-likeness (QED) is 0.527. The molecule has 1 saturated heterocycles. The number of ether oxygens (including phenoxy) is 2. The molecule has 0 amide bonds. The first kappa shape index (κ1) is 21.1. The fraction of sp³-hybridized carbons (Fsp3) is 0.348. The van der Waals surface area contributed by atoms with Gasteiger partial charge in [0.1, 0.15) is 5.69 Å². The molecule has 2 atom stereocenters. The van der Waals surface area contributed by atoms with Gasteiger partial charge in [0.05, 0.1) is 29.9 Å². The predicted octanol–water partition coefficient (Wildman–Crippen LogP) is 2.52. The number of pyridine rings is 1. The van der Waals surface area contributed by atoms with Crippen molar-refractivity contribution in [2.45, 2.75) is 38.2 Å². The zero-order chi connectivity index (χ0) is 23.4. The predicted molar refractivity (Wildman–Crippen MR) is 127 cm³/mol. The molecule has 6 rings (SSSR count). The van der Waals surface area contributed by atoms with Crippen molar-refractivity contribution in [3.8, 4) is 5.88 Å². The van der Waals surface area contributed by atoms with Crippen LogP contribution in [0.5, 0.6) is 5.88 Å². The average molecular weight is 481 g/mol. The van der Waals surface area contributed by atoms with E-state index in [1.54, 1.807) is 12.1 Å². The molecule has 11 heteroatoms. The summed E-state index contributed by atoms with van der Waals surface area (Å²) in [6.07, 6.45) is 5.47. The molecule has 34 heavy (non-hydrogen) atoms. The molecule has 0 radical (unpaired) electrons. The number of rotatable bonds is 5. The van der Waals surface area contributed by atoms with E-state index >= 15 is 0 Å². The Kier molecular flexibility index (Phi) is 4.85. The van der Waals surface area contributed by atoms with E-state index in [1.807, 2.05) is 24.5 Å². The number of fused-ring (bicyclic) bond motifs is 3. The molecule has 1 fully saturated rings. The SMILES string of the molecule is Cc1c(N2CCc3cnc(Nc4ccc(CS(C)(=O)=O)cc4)nc3C2)cnc2c1NC1OC1O2. The smallest absolute Gasteiger partial charge is 0.249 e. The van der Waals surface area contributed by atoms with Crippen LogP contribution in [0.3, 0.4) is 0 Å². The molecular formula is C23H24N6O4S. The number of nitrogens with one attached hydrogen (secondary N) is 2. The number of hydrogen-bond acceptors (Lipinski definition) is 10. The van der Waals surface area contributed by atoms with Crippen LogP contribution in [-0.2, 0) is 33.3 Å². The Labute approximate surface area is 197 Å². The van der Waals surface area contributed by atoms with Gasteiger partial charge in [-0.15, -0.1) is 0 Å². The Morgan fingerprint density at radius 3 is 2.82 bits per heavy atom. The van der Waals surface area contributed by atoms with Crippen molar-refractivity contribution in [2.24, 2.45) is 0 Å². The van der Waals surface area contributed by atoms with E-state index in [9.17, 15) is 8.42 Å². The minimum Gasteiger partial charge on any atom is -0.441 e. The molecule has 10 nitrogen and oxygen atoms in total. The van der Waals surface area contributed by atoms with Gasteiger partial charge in [0.15, 0.2) is 16.1 Å². The van der Waals surface area contributed by atoms with Gasteiger partial charge < -0.3 is 25.0 Å². The fourth-order valence-corrected chi connectivity index (χ4v) is 5.17. The maximum atomic E-state index is 11.5. The minimum atomic E-state index is -3.07. The van der Waals surface area contributed by atoms with E-state index < -0.39 is 9.84 Å². The molecule has 176 valence electrons. The van der Waals surface area contributed by atoms with E-state index in [2.05, 4.69) is 32.4 Å². The zero-order valence-corrected chi connectivity index (χ0v) is 19.6. The Balaban J connectivity index is 1.20. The summed E-state index contributed by atoms with van der Waals surface area (Å²) in [4.78, 5) is 16.0. The van der Waals surface area contributed by atoms with Gasteiger partial charge in [-0.05, 0) is 36.6 Å². The summed E-state index contributed by atoms with van der Waals surface area (Å²) in [5.74, 6) is 1.10. The number of benzene rings is 1. The van der Waals surface area contributed by atoms with Crippen molar-refractivity contribution in [3.63, 3.8) is 0 Å². The molecule has 2 aromatic heterocycles. The van der Waals surface area contributed by atoms with Gasteiger partial charge in [0.25, 0.3) is 0 Å². The summed E-state index contributed by atoms with van der Waals surface area (Å²) >= 11 is 0. The van der Waals surface area contributed by atoms with Crippen LogP contribution >= 0.6 is 0 Å². The molecular weight excluding hydrogens is 456 g/mol. The van der Waals surface area contributed by atoms with Gasteiger partial charge in [0.2, 0.25) is 18.1 Å². The second-order valence-corrected chi connectivity index (χ2v) is 11.0. The third kappa shape index (κ3) is 4.12. The lowest BCUT2D eigenvalue weighted by Crippen LogP contribution is -2.32. The third-order valence-electron chi connectivity index (χ3n) is 6.17. The molecule has 2 unspecified atom stereocenters. The Morgan fingerprint density at radius 1 is 1.21 bits per heavy atom. The zero-order valence-electron chi connectivity index (χ0n) is 18.8. The average Bonchev–Trinajstić information content (AvgIpc) is 3.57. The van der Waals surface area contributed by atoms with Crippen molar-refractivity contribution in [3.05, 3.63) is 59.0 Å². The van der Waals surface area contributed by atoms with Crippen LogP contribution in [0.1, 0.15) is 22.4 Å². The van der Waals surface area contributed by atoms with Gasteiger partial charge in [-0.1, -0.05) is 12.1 Å². The monoisotopic (exact) mass is 480 g/mol. The number of nitrogens with zero attached hydrogens (tertiary/aromatic N) is 4. The number of anilines is 4. The summed E-state index contributed by atoms with van der Waals surface area (Å²) in [5.41, 5.74) is 6.62. The molecule has 5 heterocycles. The van der Waals surface area contributed by atoms with Crippen LogP contribution in [-0.4, -0.2) is 48.7 Å². The number of epoxide rings is 1. The normalized spacial score (nSPS) is 20.4. The largest absolute Gasteiger partial charge is 0.441 e. The summed E-state index contributed by atoms with van der Waals surface area (Å²) < 4.78 is 34.1. The molecule has 1 aromatic carbocycles. The van der Waals surface area contributed by atoms with Crippen molar-refractivity contribution >= 4 is 32.8 Å². The lowest BCUT2D eigenvalue weighted by atomic mass is 10.0. The highest BCUT2D eigenvalue weighted by atomic mass is 32.2. The molecule has 3 aliphatic rings. The first-order chi connectivity index (χ1) is 16.3. The highest BCUT2D eigenvalue weighted by Gasteiger charge is 2.47. The van der Waals surface area contributed by atoms with Crippen LogP contribution < -0.4 is 20.3 Å². The second kappa shape index (κ2) is 7.81. The first-order valence-electron chi connectivity index (χ1n) is 11.0. The lowest BCUT2D eigenvalue weighted by Gasteiger charge is -2.32. The highest BCUT2D eigenvalue weighted by Crippen LogP contribution is 2.42. The molecule has 0 aliphatic carbocycles. The topological polar surface area (TPSA) is 122 Å². The van der Waals surface area contributed by atoms with Crippen LogP contribution in [0.2, 0.25) is 0 Å². The van der Waals surface area contributed by atoms with Crippen molar-refractivity contribution in [1.82, 2.24) is 15.0 Å². The van der Waals surface area contributed by atoms with E-state index in [4.69, 9.17) is 14.5 Å². The summed E-state index contributed by atoms with van der Waals surface area (Å²) in [6.45, 7) is 3.55. The van der Waals surface area contributed by atoms with Crippen molar-refractivity contribution in [1.29, 1.82) is 0 Å². The molecule has 0 spiro atoms.